The first-order chi connectivity index (χ1) is 12.1. The summed E-state index contributed by atoms with van der Waals surface area (Å²) in [5, 5.41) is 2.89. The van der Waals surface area contributed by atoms with Crippen LogP contribution in [0.5, 0.6) is 0 Å². The molecule has 1 aromatic carbocycles. The van der Waals surface area contributed by atoms with Gasteiger partial charge in [0.1, 0.15) is 11.3 Å². The van der Waals surface area contributed by atoms with E-state index in [2.05, 4.69) is 15.3 Å². The Morgan fingerprint density at radius 1 is 1.36 bits per heavy atom. The van der Waals surface area contributed by atoms with Crippen LogP contribution < -0.4 is 5.32 Å². The number of rotatable bonds is 4. The number of imidazole rings is 1. The van der Waals surface area contributed by atoms with Gasteiger partial charge in [0.15, 0.2) is 5.65 Å². The Balaban J connectivity index is 1.60. The van der Waals surface area contributed by atoms with Gasteiger partial charge in [-0.25, -0.2) is 14.4 Å². The number of hydrogen-bond donors (Lipinski definition) is 1. The number of benzene rings is 1. The predicted octanol–water partition coefficient (Wildman–Crippen LogP) is 3.79. The van der Waals surface area contributed by atoms with Crippen molar-refractivity contribution in [1.82, 2.24) is 14.5 Å². The van der Waals surface area contributed by atoms with Gasteiger partial charge in [-0.2, -0.15) is 0 Å². The van der Waals surface area contributed by atoms with Crippen molar-refractivity contribution >= 4 is 23.0 Å². The topological polar surface area (TPSA) is 59.8 Å². The number of halogens is 1. The summed E-state index contributed by atoms with van der Waals surface area (Å²) < 4.78 is 15.5. The number of anilines is 1. The molecule has 6 heteroatoms. The highest BCUT2D eigenvalue weighted by Gasteiger charge is 2.26. The van der Waals surface area contributed by atoms with Crippen LogP contribution in [-0.2, 0) is 11.2 Å². The number of nitrogens with zero attached hydrogens (tertiary/aromatic N) is 3. The fourth-order valence-electron chi connectivity index (χ4n) is 3.28. The van der Waals surface area contributed by atoms with E-state index in [-0.39, 0.29) is 18.1 Å². The van der Waals surface area contributed by atoms with Gasteiger partial charge in [-0.05, 0) is 61.6 Å². The van der Waals surface area contributed by atoms with Crippen LogP contribution >= 0.6 is 0 Å². The van der Waals surface area contributed by atoms with Crippen LogP contribution in [0, 0.1) is 12.7 Å². The molecule has 0 aliphatic heterocycles. The Bertz CT molecular complexity index is 925. The summed E-state index contributed by atoms with van der Waals surface area (Å²) in [5.74, 6) is -0.00823. The molecule has 1 saturated carbocycles. The maximum Gasteiger partial charge on any atom is 0.231 e. The lowest BCUT2D eigenvalue weighted by molar-refractivity contribution is -0.115. The fraction of sp³-hybridized carbons (Fsp3) is 0.316. The number of hydrogen-bond acceptors (Lipinski definition) is 3. The first-order valence-electron chi connectivity index (χ1n) is 8.49. The average Bonchev–Trinajstić information content (AvgIpc) is 2.83. The van der Waals surface area contributed by atoms with Gasteiger partial charge in [0.25, 0.3) is 0 Å². The number of amides is 1. The maximum atomic E-state index is 13.5. The highest BCUT2D eigenvalue weighted by atomic mass is 19.1. The highest BCUT2D eigenvalue weighted by Crippen LogP contribution is 2.36. The summed E-state index contributed by atoms with van der Waals surface area (Å²) in [6.07, 6.45) is 5.15. The highest BCUT2D eigenvalue weighted by molar-refractivity contribution is 5.92. The number of carbonyl (C=O) groups is 1. The standard InChI is InChI=1S/C19H19FN4O/c1-12-8-13(10-14(20)9-12)11-17(25)23-19-22-16-6-3-7-21-18(16)24(19)15-4-2-5-15/h3,6-10,15H,2,4-5,11H2,1H3,(H,22,23,25). The van der Waals surface area contributed by atoms with E-state index in [1.165, 1.54) is 18.6 Å². The number of aryl methyl sites for hydroxylation is 1. The smallest absolute Gasteiger partial charge is 0.231 e. The van der Waals surface area contributed by atoms with Gasteiger partial charge in [0.05, 0.1) is 6.42 Å². The molecule has 1 N–H and O–H groups in total. The maximum absolute atomic E-state index is 13.5. The van der Waals surface area contributed by atoms with Crippen LogP contribution in [0.3, 0.4) is 0 Å². The predicted molar refractivity (Wildman–Crippen MR) is 93.9 cm³/mol. The lowest BCUT2D eigenvalue weighted by Gasteiger charge is -2.28. The number of carbonyl (C=O) groups excluding carboxylic acids is 1. The molecule has 0 unspecified atom stereocenters. The van der Waals surface area contributed by atoms with Crippen LogP contribution in [-0.4, -0.2) is 20.4 Å². The Hall–Kier alpha value is -2.76. The molecule has 3 aromatic rings. The third kappa shape index (κ3) is 3.12. The van der Waals surface area contributed by atoms with E-state index < -0.39 is 0 Å². The van der Waals surface area contributed by atoms with Crippen molar-refractivity contribution in [2.24, 2.45) is 0 Å². The first-order valence-corrected chi connectivity index (χ1v) is 8.49. The molecule has 2 aromatic heterocycles. The van der Waals surface area contributed by atoms with Crippen molar-refractivity contribution in [3.63, 3.8) is 0 Å². The Labute approximate surface area is 144 Å². The van der Waals surface area contributed by atoms with Crippen molar-refractivity contribution in [3.8, 4) is 0 Å². The molecule has 1 aliphatic rings. The molecule has 0 bridgehead atoms. The molecule has 1 amide bonds. The molecule has 2 heterocycles. The molecular formula is C19H19FN4O. The fourth-order valence-corrected chi connectivity index (χ4v) is 3.28. The van der Waals surface area contributed by atoms with Crippen LogP contribution in [0.25, 0.3) is 11.2 Å². The van der Waals surface area contributed by atoms with Gasteiger partial charge in [-0.15, -0.1) is 0 Å². The summed E-state index contributed by atoms with van der Waals surface area (Å²) >= 11 is 0. The lowest BCUT2D eigenvalue weighted by atomic mass is 9.93. The van der Waals surface area contributed by atoms with E-state index in [0.29, 0.717) is 17.6 Å². The van der Waals surface area contributed by atoms with Crippen molar-refractivity contribution in [1.29, 1.82) is 0 Å². The van der Waals surface area contributed by atoms with Crippen molar-refractivity contribution in [3.05, 3.63) is 53.5 Å². The zero-order chi connectivity index (χ0) is 17.4. The van der Waals surface area contributed by atoms with Crippen molar-refractivity contribution in [2.45, 2.75) is 38.6 Å². The number of fused-ring (bicyclic) bond motifs is 1. The molecule has 5 nitrogen and oxygen atoms in total. The lowest BCUT2D eigenvalue weighted by Crippen LogP contribution is -2.23. The molecule has 0 spiro atoms. The zero-order valence-corrected chi connectivity index (χ0v) is 14.0. The second-order valence-corrected chi connectivity index (χ2v) is 6.60. The second-order valence-electron chi connectivity index (χ2n) is 6.60. The van der Waals surface area contributed by atoms with Crippen molar-refractivity contribution in [2.75, 3.05) is 5.32 Å². The van der Waals surface area contributed by atoms with Crippen LogP contribution in [0.1, 0.15) is 36.4 Å². The summed E-state index contributed by atoms with van der Waals surface area (Å²) in [6, 6.07) is 8.71. The summed E-state index contributed by atoms with van der Waals surface area (Å²) in [7, 11) is 0. The van der Waals surface area contributed by atoms with E-state index in [0.717, 1.165) is 29.6 Å². The van der Waals surface area contributed by atoms with Gasteiger partial charge < -0.3 is 0 Å². The molecule has 1 aliphatic carbocycles. The Morgan fingerprint density at radius 2 is 2.20 bits per heavy atom. The van der Waals surface area contributed by atoms with E-state index >= 15 is 0 Å². The van der Waals surface area contributed by atoms with E-state index in [4.69, 9.17) is 0 Å². The van der Waals surface area contributed by atoms with E-state index in [9.17, 15) is 9.18 Å². The Morgan fingerprint density at radius 3 is 2.92 bits per heavy atom. The van der Waals surface area contributed by atoms with E-state index in [1.54, 1.807) is 6.20 Å². The normalized spacial score (nSPS) is 14.5. The molecule has 0 atom stereocenters. The van der Waals surface area contributed by atoms with Gasteiger partial charge >= 0.3 is 0 Å². The van der Waals surface area contributed by atoms with Crippen molar-refractivity contribution < 1.29 is 9.18 Å². The van der Waals surface area contributed by atoms with Crippen LogP contribution in [0.4, 0.5) is 10.3 Å². The minimum atomic E-state index is -0.325. The molecule has 0 saturated heterocycles. The minimum Gasteiger partial charge on any atom is -0.296 e. The first kappa shape index (κ1) is 15.7. The SMILES string of the molecule is Cc1cc(F)cc(CC(=O)Nc2nc3cccnc3n2C2CCC2)c1. The molecule has 25 heavy (non-hydrogen) atoms. The number of aromatic nitrogens is 3. The van der Waals surface area contributed by atoms with Crippen LogP contribution in [0.15, 0.2) is 36.5 Å². The van der Waals surface area contributed by atoms with Gasteiger partial charge in [0, 0.05) is 12.2 Å². The molecule has 1 fully saturated rings. The monoisotopic (exact) mass is 338 g/mol. The largest absolute Gasteiger partial charge is 0.296 e. The molecular weight excluding hydrogens is 319 g/mol. The molecule has 4 rings (SSSR count). The Kier molecular flexibility index (Phi) is 3.95. The zero-order valence-electron chi connectivity index (χ0n) is 14.0. The average molecular weight is 338 g/mol. The quantitative estimate of drug-likeness (QED) is 0.787. The summed E-state index contributed by atoms with van der Waals surface area (Å²) in [6.45, 7) is 1.81. The van der Waals surface area contributed by atoms with Gasteiger partial charge in [0.2, 0.25) is 11.9 Å². The number of pyridine rings is 1. The summed E-state index contributed by atoms with van der Waals surface area (Å²) in [5.41, 5.74) is 3.02. The minimum absolute atomic E-state index is 0.111. The number of nitrogens with one attached hydrogen (secondary N) is 1. The van der Waals surface area contributed by atoms with Gasteiger partial charge in [-0.1, -0.05) is 6.07 Å². The second kappa shape index (κ2) is 6.27. The molecule has 128 valence electrons. The molecule has 0 radical (unpaired) electrons. The van der Waals surface area contributed by atoms with Gasteiger partial charge in [-0.3, -0.25) is 14.7 Å². The third-order valence-corrected chi connectivity index (χ3v) is 4.61. The third-order valence-electron chi connectivity index (χ3n) is 4.61. The van der Waals surface area contributed by atoms with Crippen LogP contribution in [0.2, 0.25) is 0 Å². The van der Waals surface area contributed by atoms with E-state index in [1.807, 2.05) is 29.7 Å². The summed E-state index contributed by atoms with van der Waals surface area (Å²) in [4.78, 5) is 21.4.